The highest BCUT2D eigenvalue weighted by atomic mass is 35.5. The highest BCUT2D eigenvalue weighted by molar-refractivity contribution is 6.30. The summed E-state index contributed by atoms with van der Waals surface area (Å²) in [5.74, 6) is -0.267. The Kier molecular flexibility index (Phi) is 3.10. The first-order chi connectivity index (χ1) is 7.69. The van der Waals surface area contributed by atoms with Crippen LogP contribution in [-0.2, 0) is 16.0 Å². The van der Waals surface area contributed by atoms with Crippen LogP contribution in [0.25, 0.3) is 5.65 Å². The number of carbonyl (C=O) groups excluding carboxylic acids is 1. The molecule has 0 aliphatic heterocycles. The fourth-order valence-corrected chi connectivity index (χ4v) is 1.61. The lowest BCUT2D eigenvalue weighted by molar-refractivity contribution is -0.142. The number of aromatic nitrogens is 2. The van der Waals surface area contributed by atoms with Crippen LogP contribution in [0.3, 0.4) is 0 Å². The number of rotatable bonds is 3. The zero-order valence-corrected chi connectivity index (χ0v) is 9.57. The summed E-state index contributed by atoms with van der Waals surface area (Å²) in [5, 5.41) is 0.626. The lowest BCUT2D eigenvalue weighted by atomic mass is 10.3. The van der Waals surface area contributed by atoms with Gasteiger partial charge < -0.3 is 9.14 Å². The maximum absolute atomic E-state index is 11.3. The van der Waals surface area contributed by atoms with E-state index in [-0.39, 0.29) is 12.4 Å². The Bertz CT molecular complexity index is 522. The number of hydrogen-bond donors (Lipinski definition) is 0. The van der Waals surface area contributed by atoms with Gasteiger partial charge in [0.15, 0.2) is 0 Å². The Morgan fingerprint density at radius 2 is 2.44 bits per heavy atom. The van der Waals surface area contributed by atoms with Crippen molar-refractivity contribution in [1.29, 1.82) is 0 Å². The summed E-state index contributed by atoms with van der Waals surface area (Å²) in [6, 6.07) is 3.51. The molecule has 0 N–H and O–H groups in total. The lowest BCUT2D eigenvalue weighted by Gasteiger charge is -1.97. The SMILES string of the molecule is CCOC(=O)Cc1cn2ccc(Cl)cc2n1. The van der Waals surface area contributed by atoms with E-state index in [1.165, 1.54) is 0 Å². The maximum atomic E-state index is 11.3. The Hall–Kier alpha value is -1.55. The van der Waals surface area contributed by atoms with Crippen molar-refractivity contribution in [3.8, 4) is 0 Å². The zero-order chi connectivity index (χ0) is 11.5. The van der Waals surface area contributed by atoms with Crippen LogP contribution >= 0.6 is 11.6 Å². The molecule has 84 valence electrons. The fourth-order valence-electron chi connectivity index (χ4n) is 1.45. The standard InChI is InChI=1S/C11H11ClN2O2/c1-2-16-11(15)6-9-7-14-4-3-8(12)5-10(14)13-9/h3-5,7H,2,6H2,1H3. The summed E-state index contributed by atoms with van der Waals surface area (Å²) in [5.41, 5.74) is 1.41. The van der Waals surface area contributed by atoms with Gasteiger partial charge in [-0.2, -0.15) is 0 Å². The third-order valence-corrected chi connectivity index (χ3v) is 2.34. The van der Waals surface area contributed by atoms with Crippen LogP contribution in [0.1, 0.15) is 12.6 Å². The summed E-state index contributed by atoms with van der Waals surface area (Å²) in [4.78, 5) is 15.5. The number of halogens is 1. The molecular weight excluding hydrogens is 228 g/mol. The van der Waals surface area contributed by atoms with Gasteiger partial charge in [0.25, 0.3) is 0 Å². The van der Waals surface area contributed by atoms with Gasteiger partial charge in [-0.1, -0.05) is 11.6 Å². The largest absolute Gasteiger partial charge is 0.466 e. The summed E-state index contributed by atoms with van der Waals surface area (Å²) >= 11 is 5.84. The van der Waals surface area contributed by atoms with Gasteiger partial charge in [-0.3, -0.25) is 4.79 Å². The van der Waals surface area contributed by atoms with Gasteiger partial charge in [-0.05, 0) is 19.1 Å². The summed E-state index contributed by atoms with van der Waals surface area (Å²) in [6.45, 7) is 2.17. The van der Waals surface area contributed by atoms with Crippen molar-refractivity contribution in [2.24, 2.45) is 0 Å². The van der Waals surface area contributed by atoms with Crippen LogP contribution in [0.5, 0.6) is 0 Å². The third kappa shape index (κ3) is 2.33. The van der Waals surface area contributed by atoms with Crippen molar-refractivity contribution >= 4 is 23.2 Å². The van der Waals surface area contributed by atoms with Crippen LogP contribution in [-0.4, -0.2) is 22.0 Å². The molecule has 0 spiro atoms. The first-order valence-corrected chi connectivity index (χ1v) is 5.35. The van der Waals surface area contributed by atoms with Crippen LogP contribution in [0, 0.1) is 0 Å². The molecule has 2 aromatic heterocycles. The fraction of sp³-hybridized carbons (Fsp3) is 0.273. The summed E-state index contributed by atoms with van der Waals surface area (Å²) in [7, 11) is 0. The molecule has 0 bridgehead atoms. The molecular formula is C11H11ClN2O2. The van der Waals surface area contributed by atoms with E-state index >= 15 is 0 Å². The van der Waals surface area contributed by atoms with Gasteiger partial charge in [-0.15, -0.1) is 0 Å². The molecule has 0 aliphatic rings. The van der Waals surface area contributed by atoms with E-state index in [0.29, 0.717) is 17.3 Å². The summed E-state index contributed by atoms with van der Waals surface area (Å²) in [6.07, 6.45) is 3.79. The quantitative estimate of drug-likeness (QED) is 0.769. The highest BCUT2D eigenvalue weighted by Gasteiger charge is 2.08. The molecule has 2 heterocycles. The van der Waals surface area contributed by atoms with E-state index < -0.39 is 0 Å². The maximum Gasteiger partial charge on any atom is 0.311 e. The second-order valence-corrected chi connectivity index (χ2v) is 3.76. The minimum absolute atomic E-state index is 0.188. The lowest BCUT2D eigenvalue weighted by Crippen LogP contribution is -2.07. The Labute approximate surface area is 97.8 Å². The van der Waals surface area contributed by atoms with E-state index in [2.05, 4.69) is 4.98 Å². The monoisotopic (exact) mass is 238 g/mol. The predicted octanol–water partition coefficient (Wildman–Crippen LogP) is 2.09. The first kappa shape index (κ1) is 11.0. The molecule has 0 fully saturated rings. The Morgan fingerprint density at radius 1 is 1.62 bits per heavy atom. The normalized spacial score (nSPS) is 10.6. The molecule has 0 radical (unpaired) electrons. The second-order valence-electron chi connectivity index (χ2n) is 3.32. The molecule has 0 unspecified atom stereocenters. The summed E-state index contributed by atoms with van der Waals surface area (Å²) < 4.78 is 6.67. The number of hydrogen-bond acceptors (Lipinski definition) is 3. The van der Waals surface area contributed by atoms with Gasteiger partial charge in [0.1, 0.15) is 5.65 Å². The van der Waals surface area contributed by atoms with E-state index in [9.17, 15) is 4.79 Å². The van der Waals surface area contributed by atoms with Crippen molar-refractivity contribution in [3.63, 3.8) is 0 Å². The number of nitrogens with zero attached hydrogens (tertiary/aromatic N) is 2. The zero-order valence-electron chi connectivity index (χ0n) is 8.81. The van der Waals surface area contributed by atoms with Crippen LogP contribution in [0.4, 0.5) is 0 Å². The van der Waals surface area contributed by atoms with E-state index in [1.54, 1.807) is 31.5 Å². The first-order valence-electron chi connectivity index (χ1n) is 4.98. The smallest absolute Gasteiger partial charge is 0.311 e. The van der Waals surface area contributed by atoms with Crippen molar-refractivity contribution in [2.75, 3.05) is 6.61 Å². The number of esters is 1. The van der Waals surface area contributed by atoms with Gasteiger partial charge in [0.2, 0.25) is 0 Å². The van der Waals surface area contributed by atoms with Crippen molar-refractivity contribution in [2.45, 2.75) is 13.3 Å². The number of fused-ring (bicyclic) bond motifs is 1. The highest BCUT2D eigenvalue weighted by Crippen LogP contribution is 2.12. The van der Waals surface area contributed by atoms with Crippen molar-refractivity contribution in [3.05, 3.63) is 35.2 Å². The van der Waals surface area contributed by atoms with Gasteiger partial charge in [0.05, 0.1) is 18.7 Å². The molecule has 2 rings (SSSR count). The Morgan fingerprint density at radius 3 is 3.19 bits per heavy atom. The van der Waals surface area contributed by atoms with E-state index in [0.717, 1.165) is 5.65 Å². The topological polar surface area (TPSA) is 43.6 Å². The molecule has 2 aromatic rings. The number of ether oxygens (including phenoxy) is 1. The molecule has 0 aliphatic carbocycles. The van der Waals surface area contributed by atoms with E-state index in [1.807, 2.05) is 4.40 Å². The average molecular weight is 239 g/mol. The third-order valence-electron chi connectivity index (χ3n) is 2.10. The molecule has 0 atom stereocenters. The number of imidazole rings is 1. The second kappa shape index (κ2) is 4.53. The van der Waals surface area contributed by atoms with Gasteiger partial charge in [0, 0.05) is 17.4 Å². The minimum atomic E-state index is -0.267. The number of carbonyl (C=O) groups is 1. The van der Waals surface area contributed by atoms with E-state index in [4.69, 9.17) is 16.3 Å². The molecule has 0 amide bonds. The predicted molar refractivity (Wildman–Crippen MR) is 60.5 cm³/mol. The van der Waals surface area contributed by atoms with Crippen LogP contribution < -0.4 is 0 Å². The average Bonchev–Trinajstić information content (AvgIpc) is 2.59. The van der Waals surface area contributed by atoms with Gasteiger partial charge in [-0.25, -0.2) is 4.98 Å². The van der Waals surface area contributed by atoms with Crippen molar-refractivity contribution in [1.82, 2.24) is 9.38 Å². The number of pyridine rings is 1. The van der Waals surface area contributed by atoms with Crippen LogP contribution in [0.15, 0.2) is 24.5 Å². The van der Waals surface area contributed by atoms with Gasteiger partial charge >= 0.3 is 5.97 Å². The van der Waals surface area contributed by atoms with Crippen LogP contribution in [0.2, 0.25) is 5.02 Å². The molecule has 0 saturated heterocycles. The van der Waals surface area contributed by atoms with Crippen molar-refractivity contribution < 1.29 is 9.53 Å². The Balaban J connectivity index is 2.23. The molecule has 0 aromatic carbocycles. The molecule has 4 nitrogen and oxygen atoms in total. The molecule has 0 saturated carbocycles. The molecule has 5 heteroatoms. The minimum Gasteiger partial charge on any atom is -0.466 e. The molecule has 16 heavy (non-hydrogen) atoms.